The van der Waals surface area contributed by atoms with Crippen LogP contribution in [0.1, 0.15) is 25.2 Å². The molecule has 150 valence electrons. The van der Waals surface area contributed by atoms with E-state index < -0.39 is 21.6 Å². The van der Waals surface area contributed by atoms with Crippen LogP contribution in [-0.2, 0) is 20.7 Å². The second-order valence-electron chi connectivity index (χ2n) is 8.38. The first-order valence-electron chi connectivity index (χ1n) is 9.20. The van der Waals surface area contributed by atoms with Crippen molar-refractivity contribution in [2.45, 2.75) is 37.6 Å². The van der Waals surface area contributed by atoms with Crippen molar-refractivity contribution < 1.29 is 21.9 Å². The van der Waals surface area contributed by atoms with Crippen molar-refractivity contribution in [3.63, 3.8) is 0 Å². The summed E-state index contributed by atoms with van der Waals surface area (Å²) in [6, 6.07) is 2.81. The standard InChI is InChI=1S/C18H25F2N3O3S/c1-12-15(4-5-16(21-12)17(3,19)20)27(24,25)23-10-18(11-23)8-22(9-18)13(2)14-6-26-7-14/h4-5,13-14H,6-11H2,1-3H3. The van der Waals surface area contributed by atoms with Crippen molar-refractivity contribution in [1.82, 2.24) is 14.2 Å². The molecule has 4 rings (SSSR count). The van der Waals surface area contributed by atoms with E-state index >= 15 is 0 Å². The molecule has 1 aromatic heterocycles. The Labute approximate surface area is 158 Å². The van der Waals surface area contributed by atoms with E-state index in [1.54, 1.807) is 0 Å². The zero-order valence-electron chi connectivity index (χ0n) is 15.8. The first kappa shape index (κ1) is 19.2. The van der Waals surface area contributed by atoms with Crippen LogP contribution in [0.4, 0.5) is 8.78 Å². The van der Waals surface area contributed by atoms with E-state index in [-0.39, 0.29) is 16.0 Å². The van der Waals surface area contributed by atoms with E-state index in [9.17, 15) is 17.2 Å². The van der Waals surface area contributed by atoms with Gasteiger partial charge in [-0.25, -0.2) is 8.42 Å². The molecule has 0 N–H and O–H groups in total. The highest BCUT2D eigenvalue weighted by molar-refractivity contribution is 7.89. The molecule has 3 fully saturated rings. The maximum absolute atomic E-state index is 13.4. The number of aryl methyl sites for hydroxylation is 1. The number of pyridine rings is 1. The van der Waals surface area contributed by atoms with Gasteiger partial charge in [-0.2, -0.15) is 13.1 Å². The molecule has 4 heterocycles. The second-order valence-corrected chi connectivity index (χ2v) is 10.3. The fraction of sp³-hybridized carbons (Fsp3) is 0.722. The second kappa shape index (κ2) is 6.17. The predicted molar refractivity (Wildman–Crippen MR) is 95.1 cm³/mol. The smallest absolute Gasteiger partial charge is 0.286 e. The molecule has 0 aromatic carbocycles. The highest BCUT2D eigenvalue weighted by atomic mass is 32.2. The Balaban J connectivity index is 1.40. The molecule has 0 saturated carbocycles. The highest BCUT2D eigenvalue weighted by Crippen LogP contribution is 2.44. The minimum absolute atomic E-state index is 0.0153. The van der Waals surface area contributed by atoms with Gasteiger partial charge < -0.3 is 4.74 Å². The summed E-state index contributed by atoms with van der Waals surface area (Å²) in [6.07, 6.45) is 0. The number of rotatable bonds is 5. The van der Waals surface area contributed by atoms with Crippen LogP contribution in [0.5, 0.6) is 0 Å². The molecular formula is C18H25F2N3O3S. The van der Waals surface area contributed by atoms with Crippen molar-refractivity contribution in [2.24, 2.45) is 11.3 Å². The van der Waals surface area contributed by atoms with Crippen LogP contribution in [0.25, 0.3) is 0 Å². The van der Waals surface area contributed by atoms with E-state index in [1.165, 1.54) is 17.3 Å². The molecule has 1 spiro atoms. The number of alkyl halides is 2. The molecule has 3 aliphatic rings. The SMILES string of the molecule is Cc1nc(C(C)(F)F)ccc1S(=O)(=O)N1CC2(CN(C(C)C3COC3)C2)C1. The molecular weight excluding hydrogens is 376 g/mol. The fourth-order valence-electron chi connectivity index (χ4n) is 4.21. The largest absolute Gasteiger partial charge is 0.381 e. The van der Waals surface area contributed by atoms with Gasteiger partial charge in [0, 0.05) is 50.5 Å². The molecule has 1 aromatic rings. The number of ether oxygens (including phenoxy) is 1. The molecule has 3 aliphatic heterocycles. The van der Waals surface area contributed by atoms with Crippen molar-refractivity contribution >= 4 is 10.0 Å². The third-order valence-corrected chi connectivity index (χ3v) is 8.05. The minimum atomic E-state index is -3.70. The Morgan fingerprint density at radius 2 is 1.89 bits per heavy atom. The molecule has 27 heavy (non-hydrogen) atoms. The number of aromatic nitrogens is 1. The fourth-order valence-corrected chi connectivity index (χ4v) is 6.04. The van der Waals surface area contributed by atoms with Gasteiger partial charge in [0.1, 0.15) is 10.6 Å². The van der Waals surface area contributed by atoms with Gasteiger partial charge in [0.05, 0.1) is 18.9 Å². The van der Waals surface area contributed by atoms with Crippen LogP contribution >= 0.6 is 0 Å². The van der Waals surface area contributed by atoms with Crippen molar-refractivity contribution in [3.05, 3.63) is 23.5 Å². The molecule has 1 unspecified atom stereocenters. The number of nitrogens with zero attached hydrogens (tertiary/aromatic N) is 3. The summed E-state index contributed by atoms with van der Waals surface area (Å²) in [5, 5.41) is 0. The first-order valence-corrected chi connectivity index (χ1v) is 10.6. The van der Waals surface area contributed by atoms with Crippen molar-refractivity contribution in [1.29, 1.82) is 0 Å². The summed E-state index contributed by atoms with van der Waals surface area (Å²) < 4.78 is 59.2. The maximum atomic E-state index is 13.4. The third-order valence-electron chi connectivity index (χ3n) is 6.13. The zero-order valence-corrected chi connectivity index (χ0v) is 16.6. The van der Waals surface area contributed by atoms with Crippen LogP contribution in [0.15, 0.2) is 17.0 Å². The molecule has 9 heteroatoms. The molecule has 3 saturated heterocycles. The summed E-state index contributed by atoms with van der Waals surface area (Å²) >= 11 is 0. The van der Waals surface area contributed by atoms with E-state index in [0.717, 1.165) is 39.3 Å². The van der Waals surface area contributed by atoms with Gasteiger partial charge in [0.25, 0.3) is 5.92 Å². The summed E-state index contributed by atoms with van der Waals surface area (Å²) in [6.45, 7) is 8.79. The average Bonchev–Trinajstić information content (AvgIpc) is 2.40. The van der Waals surface area contributed by atoms with Gasteiger partial charge >= 0.3 is 0 Å². The van der Waals surface area contributed by atoms with Gasteiger partial charge in [0.2, 0.25) is 10.0 Å². The summed E-state index contributed by atoms with van der Waals surface area (Å²) in [7, 11) is -3.70. The van der Waals surface area contributed by atoms with Crippen molar-refractivity contribution in [3.8, 4) is 0 Å². The topological polar surface area (TPSA) is 62.7 Å². The average molecular weight is 401 g/mol. The van der Waals surface area contributed by atoms with Gasteiger partial charge in [-0.3, -0.25) is 9.88 Å². The van der Waals surface area contributed by atoms with Crippen LogP contribution < -0.4 is 0 Å². The monoisotopic (exact) mass is 401 g/mol. The Morgan fingerprint density at radius 1 is 1.26 bits per heavy atom. The third kappa shape index (κ3) is 3.18. The lowest BCUT2D eigenvalue weighted by atomic mass is 9.73. The lowest BCUT2D eigenvalue weighted by Gasteiger charge is -2.62. The number of halogens is 2. The van der Waals surface area contributed by atoms with Crippen LogP contribution in [0, 0.1) is 18.3 Å². The Hall–Kier alpha value is -1.16. The number of sulfonamides is 1. The summed E-state index contributed by atoms with van der Waals surface area (Å²) in [4.78, 5) is 6.22. The van der Waals surface area contributed by atoms with Gasteiger partial charge in [-0.1, -0.05) is 0 Å². The number of hydrogen-bond acceptors (Lipinski definition) is 5. The van der Waals surface area contributed by atoms with E-state index in [2.05, 4.69) is 16.8 Å². The highest BCUT2D eigenvalue weighted by Gasteiger charge is 2.56. The van der Waals surface area contributed by atoms with Crippen LogP contribution in [-0.4, -0.2) is 68.0 Å². The van der Waals surface area contributed by atoms with E-state index in [0.29, 0.717) is 25.0 Å². The Morgan fingerprint density at radius 3 is 2.37 bits per heavy atom. The molecule has 0 aliphatic carbocycles. The summed E-state index contributed by atoms with van der Waals surface area (Å²) in [5.74, 6) is -2.52. The van der Waals surface area contributed by atoms with Gasteiger partial charge in [-0.15, -0.1) is 0 Å². The molecule has 0 amide bonds. The van der Waals surface area contributed by atoms with Crippen LogP contribution in [0.2, 0.25) is 0 Å². The predicted octanol–water partition coefficient (Wildman–Crippen LogP) is 1.84. The van der Waals surface area contributed by atoms with Crippen molar-refractivity contribution in [2.75, 3.05) is 39.4 Å². The quantitative estimate of drug-likeness (QED) is 0.754. The Bertz CT molecular complexity index is 838. The van der Waals surface area contributed by atoms with Gasteiger partial charge in [0.15, 0.2) is 0 Å². The molecule has 1 atom stereocenters. The molecule has 0 bridgehead atoms. The molecule has 0 radical (unpaired) electrons. The first-order chi connectivity index (χ1) is 12.5. The van der Waals surface area contributed by atoms with E-state index in [1.807, 2.05) is 0 Å². The van der Waals surface area contributed by atoms with Gasteiger partial charge in [-0.05, 0) is 26.0 Å². The number of likely N-dealkylation sites (tertiary alicyclic amines) is 1. The Kier molecular flexibility index (Phi) is 4.38. The van der Waals surface area contributed by atoms with E-state index in [4.69, 9.17) is 4.74 Å². The zero-order chi connectivity index (χ0) is 19.6. The van der Waals surface area contributed by atoms with Crippen LogP contribution in [0.3, 0.4) is 0 Å². The maximum Gasteiger partial charge on any atom is 0.286 e. The lowest BCUT2D eigenvalue weighted by Crippen LogP contribution is -2.74. The normalized spacial score (nSPS) is 24.9. The lowest BCUT2D eigenvalue weighted by molar-refractivity contribution is -0.141. The molecule has 6 nitrogen and oxygen atoms in total. The minimum Gasteiger partial charge on any atom is -0.381 e. The number of hydrogen-bond donors (Lipinski definition) is 0. The summed E-state index contributed by atoms with van der Waals surface area (Å²) in [5.41, 5.74) is -0.268.